The molecule has 7 nitrogen and oxygen atoms in total. The number of carbonyl (C=O) groups is 2. The van der Waals surface area contributed by atoms with Crippen LogP contribution in [-0.4, -0.2) is 37.6 Å². The minimum absolute atomic E-state index is 0.122. The summed E-state index contributed by atoms with van der Waals surface area (Å²) < 4.78 is 40.7. The zero-order chi connectivity index (χ0) is 21.8. The van der Waals surface area contributed by atoms with Gasteiger partial charge in [-0.05, 0) is 36.4 Å². The standard InChI is InChI=1S/C19H21ClFN3O4S/c1-4-24(5-2)29(27,28)14-7-8-17(21)15(11-14)19(26)23-18-9-6-13(10-16(18)20)22-12(3)25/h6-11H,4-5H2,1-3H3,(H,22,25)(H,23,26). The zero-order valence-electron chi connectivity index (χ0n) is 16.1. The fourth-order valence-corrected chi connectivity index (χ4v) is 4.35. The fourth-order valence-electron chi connectivity index (χ4n) is 2.64. The molecule has 0 aliphatic carbocycles. The van der Waals surface area contributed by atoms with E-state index in [1.165, 1.54) is 29.4 Å². The smallest absolute Gasteiger partial charge is 0.258 e. The highest BCUT2D eigenvalue weighted by molar-refractivity contribution is 7.89. The topological polar surface area (TPSA) is 95.6 Å². The van der Waals surface area contributed by atoms with Gasteiger partial charge in [-0.25, -0.2) is 12.8 Å². The summed E-state index contributed by atoms with van der Waals surface area (Å²) in [5.74, 6) is -2.01. The molecular weight excluding hydrogens is 421 g/mol. The van der Waals surface area contributed by atoms with Gasteiger partial charge in [-0.2, -0.15) is 4.31 Å². The summed E-state index contributed by atoms with van der Waals surface area (Å²) in [7, 11) is -3.85. The lowest BCUT2D eigenvalue weighted by Gasteiger charge is -2.19. The van der Waals surface area contributed by atoms with Crippen LogP contribution >= 0.6 is 11.6 Å². The molecule has 0 aliphatic rings. The largest absolute Gasteiger partial charge is 0.326 e. The van der Waals surface area contributed by atoms with Crippen LogP contribution in [0.1, 0.15) is 31.1 Å². The maximum atomic E-state index is 14.2. The predicted octanol–water partition coefficient (Wildman–Crippen LogP) is 3.72. The Labute approximate surface area is 173 Å². The van der Waals surface area contributed by atoms with Crippen LogP contribution in [0.3, 0.4) is 0 Å². The quantitative estimate of drug-likeness (QED) is 0.684. The molecule has 0 aliphatic heterocycles. The molecule has 2 N–H and O–H groups in total. The first kappa shape index (κ1) is 22.8. The number of hydrogen-bond acceptors (Lipinski definition) is 4. The molecule has 0 bridgehead atoms. The fraction of sp³-hybridized carbons (Fsp3) is 0.263. The van der Waals surface area contributed by atoms with Gasteiger partial charge in [-0.1, -0.05) is 25.4 Å². The highest BCUT2D eigenvalue weighted by atomic mass is 35.5. The molecule has 0 saturated heterocycles. The molecule has 0 unspecified atom stereocenters. The molecule has 2 amide bonds. The van der Waals surface area contributed by atoms with E-state index in [0.717, 1.165) is 18.2 Å². The number of rotatable bonds is 7. The molecule has 0 atom stereocenters. The number of hydrogen-bond donors (Lipinski definition) is 2. The molecule has 29 heavy (non-hydrogen) atoms. The number of sulfonamides is 1. The average Bonchev–Trinajstić information content (AvgIpc) is 2.64. The van der Waals surface area contributed by atoms with Crippen LogP contribution in [0.15, 0.2) is 41.3 Å². The monoisotopic (exact) mass is 441 g/mol. The van der Waals surface area contributed by atoms with Crippen LogP contribution < -0.4 is 10.6 Å². The van der Waals surface area contributed by atoms with E-state index in [1.807, 2.05) is 0 Å². The van der Waals surface area contributed by atoms with Crippen molar-refractivity contribution in [2.75, 3.05) is 23.7 Å². The van der Waals surface area contributed by atoms with Crippen molar-refractivity contribution >= 4 is 44.8 Å². The molecule has 2 aromatic carbocycles. The molecule has 10 heteroatoms. The average molecular weight is 442 g/mol. The number of nitrogens with one attached hydrogen (secondary N) is 2. The molecule has 0 spiro atoms. The number of amides is 2. The first-order valence-corrected chi connectivity index (χ1v) is 10.6. The maximum absolute atomic E-state index is 14.2. The SMILES string of the molecule is CCN(CC)S(=O)(=O)c1ccc(F)c(C(=O)Nc2ccc(NC(C)=O)cc2Cl)c1. The lowest BCUT2D eigenvalue weighted by atomic mass is 10.2. The first-order valence-electron chi connectivity index (χ1n) is 8.78. The van der Waals surface area contributed by atoms with E-state index in [9.17, 15) is 22.4 Å². The molecule has 0 radical (unpaired) electrons. The van der Waals surface area contributed by atoms with Gasteiger partial charge in [0.25, 0.3) is 5.91 Å². The van der Waals surface area contributed by atoms with E-state index in [1.54, 1.807) is 13.8 Å². The Morgan fingerprint density at radius 2 is 1.72 bits per heavy atom. The third-order valence-electron chi connectivity index (χ3n) is 4.06. The van der Waals surface area contributed by atoms with Crippen molar-refractivity contribution < 1.29 is 22.4 Å². The summed E-state index contributed by atoms with van der Waals surface area (Å²) >= 11 is 6.10. The minimum Gasteiger partial charge on any atom is -0.326 e. The van der Waals surface area contributed by atoms with Crippen molar-refractivity contribution in [2.45, 2.75) is 25.7 Å². The van der Waals surface area contributed by atoms with Gasteiger partial charge in [0.05, 0.1) is 21.2 Å². The van der Waals surface area contributed by atoms with Gasteiger partial charge in [0.15, 0.2) is 0 Å². The van der Waals surface area contributed by atoms with Crippen molar-refractivity contribution in [3.8, 4) is 0 Å². The molecule has 0 heterocycles. The third kappa shape index (κ3) is 5.31. The predicted molar refractivity (Wildman–Crippen MR) is 110 cm³/mol. The summed E-state index contributed by atoms with van der Waals surface area (Å²) in [6.45, 7) is 5.20. The van der Waals surface area contributed by atoms with Gasteiger partial charge in [0, 0.05) is 25.7 Å². The normalized spacial score (nSPS) is 11.4. The van der Waals surface area contributed by atoms with Crippen LogP contribution in [-0.2, 0) is 14.8 Å². The molecule has 2 rings (SSSR count). The van der Waals surface area contributed by atoms with Gasteiger partial charge in [0.1, 0.15) is 5.82 Å². The summed E-state index contributed by atoms with van der Waals surface area (Å²) in [6, 6.07) is 7.44. The number of carbonyl (C=O) groups excluding carboxylic acids is 2. The van der Waals surface area contributed by atoms with Crippen molar-refractivity contribution in [1.82, 2.24) is 4.31 Å². The lowest BCUT2D eigenvalue weighted by molar-refractivity contribution is -0.114. The van der Waals surface area contributed by atoms with E-state index in [2.05, 4.69) is 10.6 Å². The maximum Gasteiger partial charge on any atom is 0.258 e. The Hall–Kier alpha value is -2.49. The summed E-state index contributed by atoms with van der Waals surface area (Å²) in [6.07, 6.45) is 0. The summed E-state index contributed by atoms with van der Waals surface area (Å²) in [5.41, 5.74) is 0.182. The van der Waals surface area contributed by atoms with Crippen LogP contribution in [0.5, 0.6) is 0 Å². The summed E-state index contributed by atoms with van der Waals surface area (Å²) in [4.78, 5) is 23.5. The van der Waals surface area contributed by atoms with E-state index in [-0.39, 0.29) is 34.6 Å². The molecular formula is C19H21ClFN3O4S. The van der Waals surface area contributed by atoms with Gasteiger partial charge in [-0.3, -0.25) is 9.59 Å². The van der Waals surface area contributed by atoms with Crippen molar-refractivity contribution in [2.24, 2.45) is 0 Å². The van der Waals surface area contributed by atoms with Gasteiger partial charge in [0.2, 0.25) is 15.9 Å². The second-order valence-corrected chi connectivity index (χ2v) is 8.41. The first-order chi connectivity index (χ1) is 13.6. The molecule has 156 valence electrons. The second-order valence-electron chi connectivity index (χ2n) is 6.06. The summed E-state index contributed by atoms with van der Waals surface area (Å²) in [5, 5.41) is 5.12. The van der Waals surface area contributed by atoms with E-state index >= 15 is 0 Å². The minimum atomic E-state index is -3.85. The number of halogens is 2. The van der Waals surface area contributed by atoms with E-state index in [0.29, 0.717) is 5.69 Å². The Balaban J connectivity index is 2.33. The Bertz CT molecular complexity index is 1040. The van der Waals surface area contributed by atoms with Crippen LogP contribution in [0, 0.1) is 5.82 Å². The molecule has 0 saturated carbocycles. The molecule has 0 aromatic heterocycles. The van der Waals surface area contributed by atoms with E-state index in [4.69, 9.17) is 11.6 Å². The van der Waals surface area contributed by atoms with Gasteiger partial charge in [-0.15, -0.1) is 0 Å². The highest BCUT2D eigenvalue weighted by Crippen LogP contribution is 2.27. The van der Waals surface area contributed by atoms with Gasteiger partial charge < -0.3 is 10.6 Å². The Morgan fingerprint density at radius 1 is 1.07 bits per heavy atom. The number of anilines is 2. The Morgan fingerprint density at radius 3 is 2.28 bits per heavy atom. The Kier molecular flexibility index (Phi) is 7.34. The third-order valence-corrected chi connectivity index (χ3v) is 6.42. The van der Waals surface area contributed by atoms with Crippen molar-refractivity contribution in [1.29, 1.82) is 0 Å². The van der Waals surface area contributed by atoms with Crippen molar-refractivity contribution in [3.05, 3.63) is 52.8 Å². The molecule has 0 fully saturated rings. The molecule has 2 aromatic rings. The van der Waals surface area contributed by atoms with Crippen LogP contribution in [0.4, 0.5) is 15.8 Å². The van der Waals surface area contributed by atoms with Crippen molar-refractivity contribution in [3.63, 3.8) is 0 Å². The number of nitrogens with zero attached hydrogens (tertiary/aromatic N) is 1. The second kappa shape index (κ2) is 9.34. The number of benzene rings is 2. The highest BCUT2D eigenvalue weighted by Gasteiger charge is 2.24. The lowest BCUT2D eigenvalue weighted by Crippen LogP contribution is -2.31. The van der Waals surface area contributed by atoms with Gasteiger partial charge >= 0.3 is 0 Å². The van der Waals surface area contributed by atoms with Crippen LogP contribution in [0.2, 0.25) is 5.02 Å². The van der Waals surface area contributed by atoms with E-state index < -0.39 is 27.3 Å². The zero-order valence-corrected chi connectivity index (χ0v) is 17.7. The van der Waals surface area contributed by atoms with Crippen LogP contribution in [0.25, 0.3) is 0 Å².